The first-order chi connectivity index (χ1) is 13.4. The molecule has 6 aromatic rings. The first-order valence-electron chi connectivity index (χ1n) is 9.29. The summed E-state index contributed by atoms with van der Waals surface area (Å²) in [6.07, 6.45) is 0. The second-order valence-corrected chi connectivity index (χ2v) is 7.66. The lowest BCUT2D eigenvalue weighted by Crippen LogP contribution is -2.40. The zero-order chi connectivity index (χ0) is 19.7. The van der Waals surface area contributed by atoms with E-state index in [2.05, 4.69) is 0 Å². The van der Waals surface area contributed by atoms with Crippen LogP contribution in [0, 0.1) is 5.92 Å². The number of hydrogen-bond acceptors (Lipinski definition) is 3. The van der Waals surface area contributed by atoms with Gasteiger partial charge >= 0.3 is 0 Å². The van der Waals surface area contributed by atoms with Crippen LogP contribution in [0.25, 0.3) is 43.1 Å². The molecule has 0 radical (unpaired) electrons. The van der Waals surface area contributed by atoms with Crippen LogP contribution >= 0.6 is 0 Å². The molecule has 2 N–H and O–H groups in total. The standard InChI is InChI=1S/C23H18N2O3/c1-11(2)20(21(24)26)25-22(27)18-16-12-7-3-4-8-13(12)17(19(18)23(25)28)15-10-6-5-9-14(15)16/h3-11,20H,1-2H3,(H2,24,26). The van der Waals surface area contributed by atoms with Gasteiger partial charge in [-0.1, -0.05) is 62.4 Å². The van der Waals surface area contributed by atoms with Crippen molar-refractivity contribution in [3.63, 3.8) is 0 Å². The van der Waals surface area contributed by atoms with Crippen LogP contribution < -0.4 is 16.9 Å². The molecule has 1 amide bonds. The van der Waals surface area contributed by atoms with Gasteiger partial charge in [0.15, 0.2) is 0 Å². The average molecular weight is 370 g/mol. The Kier molecular flexibility index (Phi) is 3.29. The van der Waals surface area contributed by atoms with Gasteiger partial charge in [-0.3, -0.25) is 19.0 Å². The zero-order valence-corrected chi connectivity index (χ0v) is 15.5. The Morgan fingerprint density at radius 2 is 1.11 bits per heavy atom. The third kappa shape index (κ3) is 1.88. The Morgan fingerprint density at radius 3 is 1.39 bits per heavy atom. The fourth-order valence-electron chi connectivity index (χ4n) is 4.68. The van der Waals surface area contributed by atoms with E-state index in [0.29, 0.717) is 10.8 Å². The van der Waals surface area contributed by atoms with E-state index in [9.17, 15) is 14.4 Å². The van der Waals surface area contributed by atoms with Crippen LogP contribution in [0.4, 0.5) is 0 Å². The van der Waals surface area contributed by atoms with Crippen molar-refractivity contribution in [1.29, 1.82) is 0 Å². The Balaban J connectivity index is 2.15. The van der Waals surface area contributed by atoms with Gasteiger partial charge in [-0.15, -0.1) is 0 Å². The Bertz CT molecular complexity index is 1350. The number of primary amides is 1. The molecule has 5 aromatic carbocycles. The van der Waals surface area contributed by atoms with Crippen molar-refractivity contribution in [1.82, 2.24) is 4.57 Å². The molecule has 1 heterocycles. The minimum absolute atomic E-state index is 0.274. The third-order valence-electron chi connectivity index (χ3n) is 5.75. The Hall–Kier alpha value is -3.47. The van der Waals surface area contributed by atoms with E-state index in [0.717, 1.165) is 36.9 Å². The molecule has 0 spiro atoms. The number of rotatable bonds is 3. The van der Waals surface area contributed by atoms with Crippen molar-refractivity contribution >= 4 is 49.0 Å². The average Bonchev–Trinajstić information content (AvgIpc) is 2.93. The topological polar surface area (TPSA) is 82.2 Å². The van der Waals surface area contributed by atoms with E-state index in [1.807, 2.05) is 48.5 Å². The highest BCUT2D eigenvalue weighted by Crippen LogP contribution is 2.42. The molecule has 2 bridgehead atoms. The molecule has 0 saturated heterocycles. The van der Waals surface area contributed by atoms with Crippen LogP contribution in [0.3, 0.4) is 0 Å². The number of hydrogen-bond donors (Lipinski definition) is 1. The van der Waals surface area contributed by atoms with Crippen LogP contribution in [0.15, 0.2) is 58.1 Å². The molecule has 0 aliphatic carbocycles. The molecule has 1 aromatic heterocycles. The minimum atomic E-state index is -0.975. The summed E-state index contributed by atoms with van der Waals surface area (Å²) < 4.78 is 1.06. The van der Waals surface area contributed by atoms with E-state index in [4.69, 9.17) is 5.73 Å². The number of carbonyl (C=O) groups excluding carboxylic acids is 1. The number of aromatic nitrogens is 1. The number of nitrogens with two attached hydrogens (primary N) is 1. The molecule has 6 rings (SSSR count). The van der Waals surface area contributed by atoms with E-state index < -0.39 is 23.1 Å². The van der Waals surface area contributed by atoms with Gasteiger partial charge in [-0.2, -0.15) is 0 Å². The lowest BCUT2D eigenvalue weighted by molar-refractivity contribution is -0.122. The predicted molar refractivity (Wildman–Crippen MR) is 112 cm³/mol. The smallest absolute Gasteiger partial charge is 0.262 e. The summed E-state index contributed by atoms with van der Waals surface area (Å²) in [4.78, 5) is 38.9. The largest absolute Gasteiger partial charge is 0.368 e. The maximum absolute atomic E-state index is 13.4. The van der Waals surface area contributed by atoms with Crippen molar-refractivity contribution < 1.29 is 4.79 Å². The lowest BCUT2D eigenvalue weighted by atomic mass is 9.88. The summed E-state index contributed by atoms with van der Waals surface area (Å²) in [6.45, 7) is 3.57. The first kappa shape index (κ1) is 16.7. The van der Waals surface area contributed by atoms with Gasteiger partial charge in [-0.25, -0.2) is 0 Å². The SMILES string of the molecule is CC(C)C(C(N)=O)n1c(=O)c2c(c1=O)c1c3ccccc3c2c2ccccc21. The van der Waals surface area contributed by atoms with Crippen LogP contribution in [-0.2, 0) is 4.79 Å². The number of amides is 1. The molecule has 0 saturated carbocycles. The van der Waals surface area contributed by atoms with Crippen LogP contribution in [0.5, 0.6) is 0 Å². The molecule has 1 unspecified atom stereocenters. The van der Waals surface area contributed by atoms with E-state index >= 15 is 0 Å². The summed E-state index contributed by atoms with van der Waals surface area (Å²) >= 11 is 0. The maximum atomic E-state index is 13.4. The number of nitrogens with zero attached hydrogens (tertiary/aromatic N) is 1. The fourth-order valence-corrected chi connectivity index (χ4v) is 4.68. The quantitative estimate of drug-likeness (QED) is 0.494. The molecule has 138 valence electrons. The summed E-state index contributed by atoms with van der Waals surface area (Å²) in [5.41, 5.74) is 4.70. The van der Waals surface area contributed by atoms with Gasteiger partial charge in [0.05, 0.1) is 10.8 Å². The van der Waals surface area contributed by atoms with Crippen LogP contribution in [-0.4, -0.2) is 10.5 Å². The summed E-state index contributed by atoms with van der Waals surface area (Å²) in [5.74, 6) is -0.946. The second-order valence-electron chi connectivity index (χ2n) is 7.66. The highest BCUT2D eigenvalue weighted by atomic mass is 16.2. The van der Waals surface area contributed by atoms with Crippen molar-refractivity contribution in [3.8, 4) is 0 Å². The molecule has 5 heteroatoms. The lowest BCUT2D eigenvalue weighted by Gasteiger charge is -2.17. The molecule has 1 atom stereocenters. The number of carbonyl (C=O) groups is 1. The van der Waals surface area contributed by atoms with Gasteiger partial charge < -0.3 is 5.73 Å². The van der Waals surface area contributed by atoms with Gasteiger partial charge in [-0.05, 0) is 27.5 Å². The normalized spacial score (nSPS) is 13.4. The van der Waals surface area contributed by atoms with Crippen molar-refractivity contribution in [3.05, 3.63) is 69.2 Å². The fraction of sp³-hybridized carbons (Fsp3) is 0.174. The van der Waals surface area contributed by atoms with E-state index in [-0.39, 0.29) is 5.92 Å². The van der Waals surface area contributed by atoms with Crippen molar-refractivity contribution in [2.24, 2.45) is 11.7 Å². The maximum Gasteiger partial charge on any atom is 0.262 e. The molecule has 0 aliphatic heterocycles. The summed E-state index contributed by atoms with van der Waals surface area (Å²) in [6, 6.07) is 14.6. The van der Waals surface area contributed by atoms with Gasteiger partial charge in [0, 0.05) is 10.8 Å². The highest BCUT2D eigenvalue weighted by Gasteiger charge is 2.31. The van der Waals surface area contributed by atoms with Crippen molar-refractivity contribution in [2.45, 2.75) is 19.9 Å². The van der Waals surface area contributed by atoms with Gasteiger partial charge in [0.1, 0.15) is 6.04 Å². The molecule has 28 heavy (non-hydrogen) atoms. The van der Waals surface area contributed by atoms with Crippen molar-refractivity contribution in [2.75, 3.05) is 0 Å². The van der Waals surface area contributed by atoms with E-state index in [1.165, 1.54) is 0 Å². The predicted octanol–water partition coefficient (Wildman–Crippen LogP) is 3.38. The molecular formula is C23H18N2O3. The van der Waals surface area contributed by atoms with E-state index in [1.54, 1.807) is 13.8 Å². The number of benzene rings is 5. The minimum Gasteiger partial charge on any atom is -0.368 e. The Labute approximate surface area is 159 Å². The summed E-state index contributed by atoms with van der Waals surface area (Å²) in [5, 5.41) is 6.09. The Morgan fingerprint density at radius 1 is 0.750 bits per heavy atom. The second kappa shape index (κ2) is 5.52. The van der Waals surface area contributed by atoms with Crippen LogP contribution in [0.1, 0.15) is 19.9 Å². The highest BCUT2D eigenvalue weighted by molar-refractivity contribution is 6.40. The molecular weight excluding hydrogens is 352 g/mol. The van der Waals surface area contributed by atoms with Gasteiger partial charge in [0.25, 0.3) is 11.1 Å². The first-order valence-corrected chi connectivity index (χ1v) is 9.29. The third-order valence-corrected chi connectivity index (χ3v) is 5.75. The molecule has 5 nitrogen and oxygen atoms in total. The summed E-state index contributed by atoms with van der Waals surface area (Å²) in [7, 11) is 0. The van der Waals surface area contributed by atoms with Crippen LogP contribution in [0.2, 0.25) is 0 Å². The zero-order valence-electron chi connectivity index (χ0n) is 15.5. The van der Waals surface area contributed by atoms with Gasteiger partial charge in [0.2, 0.25) is 5.91 Å². The monoisotopic (exact) mass is 370 g/mol. The molecule has 0 aliphatic rings. The molecule has 0 fully saturated rings.